The van der Waals surface area contributed by atoms with Crippen molar-refractivity contribution in [1.29, 1.82) is 0 Å². The summed E-state index contributed by atoms with van der Waals surface area (Å²) in [4.78, 5) is 1.52. The van der Waals surface area contributed by atoms with E-state index in [2.05, 4.69) is 50.5 Å². The van der Waals surface area contributed by atoms with Crippen LogP contribution in [0.25, 0.3) is 0 Å². The van der Waals surface area contributed by atoms with Crippen LogP contribution in [0.5, 0.6) is 0 Å². The Balaban J connectivity index is 1.92. The second kappa shape index (κ2) is 7.78. The van der Waals surface area contributed by atoms with Gasteiger partial charge in [0.1, 0.15) is 0 Å². The van der Waals surface area contributed by atoms with Crippen LogP contribution in [0.15, 0.2) is 17.5 Å². The maximum absolute atomic E-state index is 3.98. The second-order valence-corrected chi connectivity index (χ2v) is 8.77. The minimum Gasteiger partial charge on any atom is -0.306 e. The largest absolute Gasteiger partial charge is 0.306 e. The maximum atomic E-state index is 3.98. The smallest absolute Gasteiger partial charge is 0.0416 e. The van der Waals surface area contributed by atoms with Crippen LogP contribution in [-0.4, -0.2) is 6.04 Å². The van der Waals surface area contributed by atoms with E-state index in [1.54, 1.807) is 0 Å². The molecule has 1 aliphatic carbocycles. The molecule has 1 aliphatic rings. The standard InChI is InChI=1S/C19H33NS/c1-5-8-17(18-11-7-14-21-18)20-16-10-6-9-15(12-13-16)19(2,3)4/h7,11,14-17,20H,5-6,8-10,12-13H2,1-4H3. The van der Waals surface area contributed by atoms with E-state index < -0.39 is 0 Å². The molecular weight excluding hydrogens is 274 g/mol. The third kappa shape index (κ3) is 5.10. The fourth-order valence-electron chi connectivity index (χ4n) is 3.70. The molecule has 21 heavy (non-hydrogen) atoms. The number of hydrogen-bond acceptors (Lipinski definition) is 2. The van der Waals surface area contributed by atoms with Crippen LogP contribution in [0.3, 0.4) is 0 Å². The molecule has 2 rings (SSSR count). The van der Waals surface area contributed by atoms with Gasteiger partial charge in [-0.1, -0.05) is 46.6 Å². The molecule has 0 saturated heterocycles. The van der Waals surface area contributed by atoms with Gasteiger partial charge in [-0.05, 0) is 54.9 Å². The Labute approximate surface area is 135 Å². The summed E-state index contributed by atoms with van der Waals surface area (Å²) < 4.78 is 0. The number of rotatable bonds is 5. The third-order valence-electron chi connectivity index (χ3n) is 5.09. The lowest BCUT2D eigenvalue weighted by Gasteiger charge is -2.30. The van der Waals surface area contributed by atoms with E-state index in [1.807, 2.05) is 11.3 Å². The van der Waals surface area contributed by atoms with E-state index in [4.69, 9.17) is 0 Å². The maximum Gasteiger partial charge on any atom is 0.0416 e. The quantitative estimate of drug-likeness (QED) is 0.641. The first-order valence-corrected chi connectivity index (χ1v) is 9.68. The van der Waals surface area contributed by atoms with E-state index in [0.29, 0.717) is 11.5 Å². The second-order valence-electron chi connectivity index (χ2n) is 7.79. The average molecular weight is 308 g/mol. The molecule has 1 aromatic rings. The van der Waals surface area contributed by atoms with Gasteiger partial charge < -0.3 is 5.32 Å². The molecular formula is C19H33NS. The molecule has 120 valence electrons. The number of hydrogen-bond donors (Lipinski definition) is 1. The molecule has 0 radical (unpaired) electrons. The van der Waals surface area contributed by atoms with Crippen LogP contribution in [0.1, 0.15) is 83.6 Å². The van der Waals surface area contributed by atoms with Gasteiger partial charge in [-0.15, -0.1) is 11.3 Å². The van der Waals surface area contributed by atoms with Crippen molar-refractivity contribution in [3.8, 4) is 0 Å². The van der Waals surface area contributed by atoms with Crippen molar-refractivity contribution in [2.24, 2.45) is 11.3 Å². The van der Waals surface area contributed by atoms with Crippen molar-refractivity contribution in [2.45, 2.75) is 84.7 Å². The Kier molecular flexibility index (Phi) is 6.31. The molecule has 0 aliphatic heterocycles. The SMILES string of the molecule is CCCC(NC1CCCC(C(C)(C)C)CC1)c1cccs1. The van der Waals surface area contributed by atoms with Crippen LogP contribution in [0, 0.1) is 11.3 Å². The average Bonchev–Trinajstić information content (AvgIpc) is 2.83. The fourth-order valence-corrected chi connectivity index (χ4v) is 4.53. The third-order valence-corrected chi connectivity index (χ3v) is 6.08. The molecule has 0 bridgehead atoms. The minimum absolute atomic E-state index is 0.478. The van der Waals surface area contributed by atoms with Gasteiger partial charge in [0.15, 0.2) is 0 Å². The fraction of sp³-hybridized carbons (Fsp3) is 0.789. The Morgan fingerprint density at radius 1 is 1.24 bits per heavy atom. The first-order valence-electron chi connectivity index (χ1n) is 8.80. The zero-order chi connectivity index (χ0) is 15.3. The highest BCUT2D eigenvalue weighted by molar-refractivity contribution is 7.10. The predicted molar refractivity (Wildman–Crippen MR) is 94.9 cm³/mol. The van der Waals surface area contributed by atoms with Crippen LogP contribution in [-0.2, 0) is 0 Å². The van der Waals surface area contributed by atoms with Crippen molar-refractivity contribution in [3.05, 3.63) is 22.4 Å². The van der Waals surface area contributed by atoms with E-state index in [1.165, 1.54) is 49.8 Å². The van der Waals surface area contributed by atoms with Gasteiger partial charge in [0, 0.05) is 17.0 Å². The Hall–Kier alpha value is -0.340. The monoisotopic (exact) mass is 307 g/mol. The van der Waals surface area contributed by atoms with Gasteiger partial charge in [0.05, 0.1) is 0 Å². The van der Waals surface area contributed by atoms with Crippen molar-refractivity contribution in [3.63, 3.8) is 0 Å². The van der Waals surface area contributed by atoms with Crippen LogP contribution < -0.4 is 5.32 Å². The van der Waals surface area contributed by atoms with Crippen molar-refractivity contribution >= 4 is 11.3 Å². The van der Waals surface area contributed by atoms with Gasteiger partial charge in [-0.3, -0.25) is 0 Å². The Morgan fingerprint density at radius 2 is 2.05 bits per heavy atom. The summed E-state index contributed by atoms with van der Waals surface area (Å²) in [5, 5.41) is 6.19. The van der Waals surface area contributed by atoms with Gasteiger partial charge in [-0.2, -0.15) is 0 Å². The van der Waals surface area contributed by atoms with Crippen LogP contribution >= 0.6 is 11.3 Å². The van der Waals surface area contributed by atoms with E-state index >= 15 is 0 Å². The zero-order valence-corrected chi connectivity index (χ0v) is 15.1. The van der Waals surface area contributed by atoms with Crippen LogP contribution in [0.2, 0.25) is 0 Å². The summed E-state index contributed by atoms with van der Waals surface area (Å²) in [6.45, 7) is 9.54. The van der Waals surface area contributed by atoms with E-state index in [0.717, 1.165) is 12.0 Å². The summed E-state index contributed by atoms with van der Waals surface area (Å²) in [6, 6.07) is 5.78. The first kappa shape index (κ1) is 17.0. The predicted octanol–water partition coefficient (Wildman–Crippen LogP) is 6.17. The normalized spacial score (nSPS) is 25.5. The Bertz CT molecular complexity index is 390. The van der Waals surface area contributed by atoms with E-state index in [9.17, 15) is 0 Å². The van der Waals surface area contributed by atoms with E-state index in [-0.39, 0.29) is 0 Å². The van der Waals surface area contributed by atoms with Crippen molar-refractivity contribution < 1.29 is 0 Å². The topological polar surface area (TPSA) is 12.0 Å². The van der Waals surface area contributed by atoms with Crippen molar-refractivity contribution in [1.82, 2.24) is 5.32 Å². The number of thiophene rings is 1. The molecule has 0 aromatic carbocycles. The summed E-state index contributed by atoms with van der Waals surface area (Å²) in [7, 11) is 0. The van der Waals surface area contributed by atoms with Gasteiger partial charge in [0.2, 0.25) is 0 Å². The minimum atomic E-state index is 0.478. The summed E-state index contributed by atoms with van der Waals surface area (Å²) in [5.74, 6) is 0.899. The highest BCUT2D eigenvalue weighted by atomic mass is 32.1. The molecule has 3 atom stereocenters. The molecule has 1 fully saturated rings. The van der Waals surface area contributed by atoms with Gasteiger partial charge in [0.25, 0.3) is 0 Å². The highest BCUT2D eigenvalue weighted by Gasteiger charge is 2.28. The molecule has 1 aromatic heterocycles. The Morgan fingerprint density at radius 3 is 2.67 bits per heavy atom. The highest BCUT2D eigenvalue weighted by Crippen LogP contribution is 2.37. The molecule has 3 unspecified atom stereocenters. The molecule has 1 N–H and O–H groups in total. The molecule has 0 amide bonds. The lowest BCUT2D eigenvalue weighted by atomic mass is 9.76. The summed E-state index contributed by atoms with van der Waals surface area (Å²) >= 11 is 1.91. The molecule has 1 heterocycles. The molecule has 0 spiro atoms. The van der Waals surface area contributed by atoms with Gasteiger partial charge in [-0.25, -0.2) is 0 Å². The van der Waals surface area contributed by atoms with Gasteiger partial charge >= 0.3 is 0 Å². The van der Waals surface area contributed by atoms with Crippen LogP contribution in [0.4, 0.5) is 0 Å². The lowest BCUT2D eigenvalue weighted by Crippen LogP contribution is -2.32. The first-order chi connectivity index (χ1) is 10.0. The molecule has 1 saturated carbocycles. The summed E-state index contributed by atoms with van der Waals surface area (Å²) in [6.07, 6.45) is 9.44. The summed E-state index contributed by atoms with van der Waals surface area (Å²) in [5.41, 5.74) is 0.478. The zero-order valence-electron chi connectivity index (χ0n) is 14.3. The number of nitrogens with one attached hydrogen (secondary N) is 1. The van der Waals surface area contributed by atoms with Crippen molar-refractivity contribution in [2.75, 3.05) is 0 Å². The molecule has 1 nitrogen and oxygen atoms in total. The lowest BCUT2D eigenvalue weighted by molar-refractivity contribution is 0.213. The molecule has 2 heteroatoms.